The van der Waals surface area contributed by atoms with E-state index in [1.807, 2.05) is 32.9 Å². The molecule has 0 fully saturated rings. The molecule has 0 unspecified atom stereocenters. The number of benzene rings is 1. The van der Waals surface area contributed by atoms with Crippen LogP contribution >= 0.6 is 22.6 Å². The maximum Gasteiger partial charge on any atom is 0.258 e. The van der Waals surface area contributed by atoms with Crippen LogP contribution in [0.5, 0.6) is 0 Å². The summed E-state index contributed by atoms with van der Waals surface area (Å²) < 4.78 is 1.05. The van der Waals surface area contributed by atoms with Gasteiger partial charge >= 0.3 is 0 Å². The summed E-state index contributed by atoms with van der Waals surface area (Å²) in [6, 6.07) is 3.76. The number of hydrogen-bond donors (Lipinski definition) is 1. The summed E-state index contributed by atoms with van der Waals surface area (Å²) in [6.07, 6.45) is 0. The van der Waals surface area contributed by atoms with Crippen molar-refractivity contribution >= 4 is 33.5 Å². The van der Waals surface area contributed by atoms with Crippen LogP contribution in [0.1, 0.15) is 25.2 Å². The van der Waals surface area contributed by atoms with E-state index < -0.39 is 0 Å². The van der Waals surface area contributed by atoms with Crippen molar-refractivity contribution in [1.29, 1.82) is 0 Å². The number of nitrogens with one attached hydrogen (secondary N) is 1. The lowest BCUT2D eigenvalue weighted by Crippen LogP contribution is -2.10. The normalized spacial score (nSPS) is 9.81. The van der Waals surface area contributed by atoms with E-state index in [0.29, 0.717) is 11.2 Å². The molecule has 2 rings (SSSR count). The zero-order valence-electron chi connectivity index (χ0n) is 9.89. The maximum atomic E-state index is 11.6. The Kier molecular flexibility index (Phi) is 4.46. The highest BCUT2D eigenvalue weighted by atomic mass is 127. The number of fused-ring (bicyclic) bond motifs is 1. The van der Waals surface area contributed by atoms with E-state index in [0.717, 1.165) is 14.7 Å². The fourth-order valence-electron chi connectivity index (χ4n) is 1.39. The van der Waals surface area contributed by atoms with Gasteiger partial charge in [-0.25, -0.2) is 4.98 Å². The second kappa shape index (κ2) is 5.43. The summed E-state index contributed by atoms with van der Waals surface area (Å²) in [4.78, 5) is 18.6. The lowest BCUT2D eigenvalue weighted by Gasteiger charge is -2.03. The van der Waals surface area contributed by atoms with E-state index in [1.54, 1.807) is 6.92 Å². The summed E-state index contributed by atoms with van der Waals surface area (Å²) >= 11 is 2.22. The maximum absolute atomic E-state index is 11.6. The van der Waals surface area contributed by atoms with E-state index in [4.69, 9.17) is 0 Å². The van der Waals surface area contributed by atoms with Crippen molar-refractivity contribution in [3.05, 3.63) is 37.4 Å². The van der Waals surface area contributed by atoms with E-state index in [9.17, 15) is 4.79 Å². The van der Waals surface area contributed by atoms with Gasteiger partial charge in [-0.15, -0.1) is 0 Å². The van der Waals surface area contributed by atoms with Gasteiger partial charge in [0.2, 0.25) is 0 Å². The summed E-state index contributed by atoms with van der Waals surface area (Å²) in [5.41, 5.74) is 1.88. The standard InChI is InChI=1S/C10H9IN2O.C2H6/c1-5-3-4-7-9(8(5)11)12-6(2)13-10(7)14;1-2/h3-4H,1-2H3,(H,12,13,14);1-2H3. The highest BCUT2D eigenvalue weighted by molar-refractivity contribution is 14.1. The Bertz CT molecular complexity index is 561. The zero-order chi connectivity index (χ0) is 12.3. The molecule has 1 heterocycles. The van der Waals surface area contributed by atoms with E-state index in [-0.39, 0.29) is 5.56 Å². The van der Waals surface area contributed by atoms with Crippen LogP contribution in [0, 0.1) is 17.4 Å². The largest absolute Gasteiger partial charge is 0.310 e. The van der Waals surface area contributed by atoms with E-state index >= 15 is 0 Å². The second-order valence-corrected chi connectivity index (χ2v) is 4.32. The second-order valence-electron chi connectivity index (χ2n) is 3.24. The Labute approximate surface area is 108 Å². The molecule has 1 aromatic heterocycles. The number of aromatic amines is 1. The Morgan fingerprint density at radius 1 is 1.25 bits per heavy atom. The molecule has 0 amide bonds. The van der Waals surface area contributed by atoms with Crippen molar-refractivity contribution in [3.63, 3.8) is 0 Å². The predicted octanol–water partition coefficient (Wildman–Crippen LogP) is 3.17. The third kappa shape index (κ3) is 2.42. The molecule has 0 aliphatic rings. The fourth-order valence-corrected chi connectivity index (χ4v) is 1.98. The minimum atomic E-state index is -0.0644. The lowest BCUT2D eigenvalue weighted by atomic mass is 10.2. The summed E-state index contributed by atoms with van der Waals surface area (Å²) in [5.74, 6) is 0.658. The van der Waals surface area contributed by atoms with Gasteiger partial charge < -0.3 is 4.98 Å². The first-order chi connectivity index (χ1) is 7.59. The molecule has 0 atom stereocenters. The summed E-state index contributed by atoms with van der Waals surface area (Å²) in [6.45, 7) is 7.80. The van der Waals surface area contributed by atoms with Gasteiger partial charge in [-0.05, 0) is 48.1 Å². The number of hydrogen-bond acceptors (Lipinski definition) is 2. The van der Waals surface area contributed by atoms with E-state index in [2.05, 4.69) is 32.6 Å². The number of nitrogens with zero attached hydrogens (tertiary/aromatic N) is 1. The van der Waals surface area contributed by atoms with Crippen LogP contribution in [0.25, 0.3) is 10.9 Å². The van der Waals surface area contributed by atoms with Gasteiger partial charge in [-0.1, -0.05) is 19.9 Å². The Morgan fingerprint density at radius 3 is 2.50 bits per heavy atom. The smallest absolute Gasteiger partial charge is 0.258 e. The van der Waals surface area contributed by atoms with Crippen LogP contribution in [0.3, 0.4) is 0 Å². The fraction of sp³-hybridized carbons (Fsp3) is 0.333. The van der Waals surface area contributed by atoms with Crippen molar-refractivity contribution < 1.29 is 0 Å². The molecule has 2 aromatic rings. The van der Waals surface area contributed by atoms with Crippen molar-refractivity contribution in [1.82, 2.24) is 9.97 Å². The monoisotopic (exact) mass is 330 g/mol. The molecule has 0 bridgehead atoms. The van der Waals surface area contributed by atoms with Crippen LogP contribution in [0.4, 0.5) is 0 Å². The first-order valence-corrected chi connectivity index (χ1v) is 6.33. The van der Waals surface area contributed by atoms with Crippen LogP contribution in [0.15, 0.2) is 16.9 Å². The number of rotatable bonds is 0. The third-order valence-corrected chi connectivity index (χ3v) is 3.49. The summed E-state index contributed by atoms with van der Waals surface area (Å²) in [5, 5.41) is 0.658. The molecule has 1 N–H and O–H groups in total. The molecular weight excluding hydrogens is 315 g/mol. The van der Waals surface area contributed by atoms with Gasteiger partial charge in [0, 0.05) is 3.57 Å². The van der Waals surface area contributed by atoms with Gasteiger partial charge in [0.25, 0.3) is 5.56 Å². The van der Waals surface area contributed by atoms with Crippen molar-refractivity contribution in [2.45, 2.75) is 27.7 Å². The Balaban J connectivity index is 0.000000606. The highest BCUT2D eigenvalue weighted by Crippen LogP contribution is 2.19. The molecule has 0 saturated heterocycles. The Morgan fingerprint density at radius 2 is 1.88 bits per heavy atom. The molecule has 4 heteroatoms. The molecule has 0 radical (unpaired) electrons. The first kappa shape index (κ1) is 13.2. The van der Waals surface area contributed by atoms with Crippen LogP contribution in [-0.4, -0.2) is 9.97 Å². The summed E-state index contributed by atoms with van der Waals surface area (Å²) in [7, 11) is 0. The quantitative estimate of drug-likeness (QED) is 0.754. The molecule has 0 aliphatic carbocycles. The molecular formula is C12H15IN2O. The molecule has 3 nitrogen and oxygen atoms in total. The average molecular weight is 330 g/mol. The first-order valence-electron chi connectivity index (χ1n) is 5.25. The Hall–Kier alpha value is -0.910. The number of H-pyrrole nitrogens is 1. The molecule has 0 saturated carbocycles. The van der Waals surface area contributed by atoms with Crippen LogP contribution in [-0.2, 0) is 0 Å². The molecule has 0 aliphatic heterocycles. The molecule has 16 heavy (non-hydrogen) atoms. The van der Waals surface area contributed by atoms with Gasteiger partial charge in [-0.3, -0.25) is 4.79 Å². The van der Waals surface area contributed by atoms with Gasteiger partial charge in [-0.2, -0.15) is 0 Å². The predicted molar refractivity (Wildman–Crippen MR) is 75.9 cm³/mol. The topological polar surface area (TPSA) is 45.8 Å². The van der Waals surface area contributed by atoms with Crippen molar-refractivity contribution in [2.75, 3.05) is 0 Å². The minimum absolute atomic E-state index is 0.0644. The van der Waals surface area contributed by atoms with Gasteiger partial charge in [0.1, 0.15) is 5.82 Å². The number of aryl methyl sites for hydroxylation is 2. The third-order valence-electron chi connectivity index (χ3n) is 2.13. The van der Waals surface area contributed by atoms with Crippen molar-refractivity contribution in [2.24, 2.45) is 0 Å². The SMILES string of the molecule is CC.Cc1nc2c(I)c(C)ccc2c(=O)[nH]1. The van der Waals surface area contributed by atoms with Crippen LogP contribution in [0.2, 0.25) is 0 Å². The van der Waals surface area contributed by atoms with Gasteiger partial charge in [0.15, 0.2) is 0 Å². The lowest BCUT2D eigenvalue weighted by molar-refractivity contribution is 1.06. The molecule has 86 valence electrons. The van der Waals surface area contributed by atoms with E-state index in [1.165, 1.54) is 0 Å². The molecule has 1 aromatic carbocycles. The van der Waals surface area contributed by atoms with Crippen molar-refractivity contribution in [3.8, 4) is 0 Å². The van der Waals surface area contributed by atoms with Crippen LogP contribution < -0.4 is 5.56 Å². The van der Waals surface area contributed by atoms with Gasteiger partial charge in [0.05, 0.1) is 10.9 Å². The average Bonchev–Trinajstić information content (AvgIpc) is 2.27. The molecule has 0 spiro atoms. The number of halogens is 1. The minimum Gasteiger partial charge on any atom is -0.310 e. The highest BCUT2D eigenvalue weighted by Gasteiger charge is 2.06. The zero-order valence-corrected chi connectivity index (χ0v) is 12.0. The number of aromatic nitrogens is 2.